The van der Waals surface area contributed by atoms with Crippen molar-refractivity contribution in [1.82, 2.24) is 10.2 Å². The number of rotatable bonds is 3. The highest BCUT2D eigenvalue weighted by atomic mass is 16.2. The van der Waals surface area contributed by atoms with Crippen LogP contribution in [0.4, 0.5) is 4.79 Å². The molecule has 1 rings (SSSR count). The molecule has 88 valence electrons. The van der Waals surface area contributed by atoms with Crippen LogP contribution in [0.5, 0.6) is 0 Å². The van der Waals surface area contributed by atoms with Crippen LogP contribution in [-0.4, -0.2) is 30.1 Å². The first-order valence-corrected chi connectivity index (χ1v) is 6.19. The standard InChI is InChI=1S/C12H24N2O/c1-4-5-8-13-12(15)14-9-10(2)6-7-11(14)3/h10-11H,4-9H2,1-3H3,(H,13,15). The summed E-state index contributed by atoms with van der Waals surface area (Å²) in [5.41, 5.74) is 0. The van der Waals surface area contributed by atoms with Crippen LogP contribution in [-0.2, 0) is 0 Å². The van der Waals surface area contributed by atoms with E-state index in [1.165, 1.54) is 6.42 Å². The first-order valence-electron chi connectivity index (χ1n) is 6.19. The fraction of sp³-hybridized carbons (Fsp3) is 0.917. The lowest BCUT2D eigenvalue weighted by atomic mass is 9.95. The number of unbranched alkanes of at least 4 members (excludes halogenated alkanes) is 1. The van der Waals surface area contributed by atoms with Crippen LogP contribution in [0.1, 0.15) is 46.5 Å². The largest absolute Gasteiger partial charge is 0.338 e. The molecule has 0 radical (unpaired) electrons. The molecule has 1 heterocycles. The van der Waals surface area contributed by atoms with Crippen LogP contribution in [0.2, 0.25) is 0 Å². The van der Waals surface area contributed by atoms with Crippen molar-refractivity contribution in [2.24, 2.45) is 5.92 Å². The van der Waals surface area contributed by atoms with Gasteiger partial charge in [0.2, 0.25) is 0 Å². The van der Waals surface area contributed by atoms with Gasteiger partial charge in [0.25, 0.3) is 0 Å². The smallest absolute Gasteiger partial charge is 0.317 e. The molecule has 2 amide bonds. The summed E-state index contributed by atoms with van der Waals surface area (Å²) < 4.78 is 0. The van der Waals surface area contributed by atoms with E-state index in [2.05, 4.69) is 26.1 Å². The summed E-state index contributed by atoms with van der Waals surface area (Å²) in [5, 5.41) is 2.99. The molecule has 15 heavy (non-hydrogen) atoms. The van der Waals surface area contributed by atoms with E-state index >= 15 is 0 Å². The maximum Gasteiger partial charge on any atom is 0.317 e. The Morgan fingerprint density at radius 2 is 2.13 bits per heavy atom. The van der Waals surface area contributed by atoms with E-state index in [1.54, 1.807) is 0 Å². The van der Waals surface area contributed by atoms with Crippen LogP contribution in [0.3, 0.4) is 0 Å². The van der Waals surface area contributed by atoms with Crippen molar-refractivity contribution in [1.29, 1.82) is 0 Å². The lowest BCUT2D eigenvalue weighted by Gasteiger charge is -2.36. The van der Waals surface area contributed by atoms with E-state index in [-0.39, 0.29) is 6.03 Å². The summed E-state index contributed by atoms with van der Waals surface area (Å²) in [4.78, 5) is 13.8. The van der Waals surface area contributed by atoms with Gasteiger partial charge >= 0.3 is 6.03 Å². The third-order valence-corrected chi connectivity index (χ3v) is 3.19. The van der Waals surface area contributed by atoms with Crippen molar-refractivity contribution >= 4 is 6.03 Å². The monoisotopic (exact) mass is 212 g/mol. The number of carbonyl (C=O) groups excluding carboxylic acids is 1. The summed E-state index contributed by atoms with van der Waals surface area (Å²) in [5.74, 6) is 0.651. The van der Waals surface area contributed by atoms with Crippen LogP contribution >= 0.6 is 0 Å². The van der Waals surface area contributed by atoms with Gasteiger partial charge in [0.1, 0.15) is 0 Å². The highest BCUT2D eigenvalue weighted by Crippen LogP contribution is 2.21. The lowest BCUT2D eigenvalue weighted by Crippen LogP contribution is -2.49. The first kappa shape index (κ1) is 12.3. The molecule has 0 aromatic rings. The van der Waals surface area contributed by atoms with Gasteiger partial charge in [-0.15, -0.1) is 0 Å². The molecule has 0 aromatic carbocycles. The molecular formula is C12H24N2O. The quantitative estimate of drug-likeness (QED) is 0.717. The number of piperidine rings is 1. The highest BCUT2D eigenvalue weighted by molar-refractivity contribution is 5.74. The van der Waals surface area contributed by atoms with Crippen LogP contribution in [0.15, 0.2) is 0 Å². The molecule has 0 spiro atoms. The average molecular weight is 212 g/mol. The highest BCUT2D eigenvalue weighted by Gasteiger charge is 2.26. The van der Waals surface area contributed by atoms with Gasteiger partial charge < -0.3 is 10.2 Å². The second-order valence-electron chi connectivity index (χ2n) is 4.77. The minimum absolute atomic E-state index is 0.127. The Balaban J connectivity index is 2.35. The van der Waals surface area contributed by atoms with E-state index in [1.807, 2.05) is 4.90 Å². The SMILES string of the molecule is CCCCNC(=O)N1CC(C)CCC1C. The minimum atomic E-state index is 0.127. The Morgan fingerprint density at radius 1 is 1.40 bits per heavy atom. The number of likely N-dealkylation sites (tertiary alicyclic amines) is 1. The van der Waals surface area contributed by atoms with E-state index in [0.717, 1.165) is 32.4 Å². The summed E-state index contributed by atoms with van der Waals surface area (Å²) in [7, 11) is 0. The zero-order chi connectivity index (χ0) is 11.3. The average Bonchev–Trinajstić information content (AvgIpc) is 2.22. The van der Waals surface area contributed by atoms with Crippen molar-refractivity contribution in [2.45, 2.75) is 52.5 Å². The van der Waals surface area contributed by atoms with E-state index in [9.17, 15) is 4.79 Å². The molecule has 2 atom stereocenters. The van der Waals surface area contributed by atoms with Crippen LogP contribution in [0, 0.1) is 5.92 Å². The summed E-state index contributed by atoms with van der Waals surface area (Å²) in [6.07, 6.45) is 4.60. The molecule has 3 nitrogen and oxygen atoms in total. The second kappa shape index (κ2) is 5.99. The number of nitrogens with zero attached hydrogens (tertiary/aromatic N) is 1. The molecule has 1 saturated heterocycles. The Morgan fingerprint density at radius 3 is 2.80 bits per heavy atom. The van der Waals surface area contributed by atoms with Crippen molar-refractivity contribution in [3.63, 3.8) is 0 Å². The van der Waals surface area contributed by atoms with Crippen molar-refractivity contribution in [3.8, 4) is 0 Å². The number of nitrogens with one attached hydrogen (secondary N) is 1. The molecule has 0 aliphatic carbocycles. The van der Waals surface area contributed by atoms with Crippen LogP contribution < -0.4 is 5.32 Å². The molecule has 0 aromatic heterocycles. The Bertz CT molecular complexity index is 206. The minimum Gasteiger partial charge on any atom is -0.338 e. The van der Waals surface area contributed by atoms with Gasteiger partial charge in [0.05, 0.1) is 0 Å². The zero-order valence-corrected chi connectivity index (χ0v) is 10.3. The third-order valence-electron chi connectivity index (χ3n) is 3.19. The van der Waals surface area contributed by atoms with Gasteiger partial charge in [-0.25, -0.2) is 4.79 Å². The molecular weight excluding hydrogens is 188 g/mol. The molecule has 0 bridgehead atoms. The van der Waals surface area contributed by atoms with Gasteiger partial charge in [0.15, 0.2) is 0 Å². The summed E-state index contributed by atoms with van der Waals surface area (Å²) in [6.45, 7) is 8.23. The fourth-order valence-electron chi connectivity index (χ4n) is 2.05. The van der Waals surface area contributed by atoms with Crippen molar-refractivity contribution in [2.75, 3.05) is 13.1 Å². The molecule has 1 fully saturated rings. The number of carbonyl (C=O) groups is 1. The first-order chi connectivity index (χ1) is 7.15. The summed E-state index contributed by atoms with van der Waals surface area (Å²) >= 11 is 0. The van der Waals surface area contributed by atoms with Crippen molar-refractivity contribution < 1.29 is 4.79 Å². The fourth-order valence-corrected chi connectivity index (χ4v) is 2.05. The number of hydrogen-bond acceptors (Lipinski definition) is 1. The molecule has 3 heteroatoms. The Labute approximate surface area is 93.2 Å². The Hall–Kier alpha value is -0.730. The zero-order valence-electron chi connectivity index (χ0n) is 10.3. The van der Waals surface area contributed by atoms with Crippen LogP contribution in [0.25, 0.3) is 0 Å². The number of amides is 2. The van der Waals surface area contributed by atoms with E-state index in [0.29, 0.717) is 12.0 Å². The van der Waals surface area contributed by atoms with Crippen molar-refractivity contribution in [3.05, 3.63) is 0 Å². The molecule has 1 aliphatic rings. The molecule has 1 aliphatic heterocycles. The third kappa shape index (κ3) is 3.73. The summed E-state index contributed by atoms with van der Waals surface area (Å²) in [6, 6.07) is 0.533. The topological polar surface area (TPSA) is 32.3 Å². The predicted molar refractivity (Wildman–Crippen MR) is 62.9 cm³/mol. The Kier molecular flexibility index (Phi) is 4.92. The van der Waals surface area contributed by atoms with Gasteiger partial charge in [-0.05, 0) is 32.1 Å². The molecule has 2 unspecified atom stereocenters. The maximum atomic E-state index is 11.8. The van der Waals surface area contributed by atoms with E-state index in [4.69, 9.17) is 0 Å². The van der Waals surface area contributed by atoms with Gasteiger partial charge in [-0.2, -0.15) is 0 Å². The van der Waals surface area contributed by atoms with Gasteiger partial charge in [-0.1, -0.05) is 20.3 Å². The normalized spacial score (nSPS) is 26.5. The molecule has 1 N–H and O–H groups in total. The predicted octanol–water partition coefficient (Wildman–Crippen LogP) is 2.62. The number of hydrogen-bond donors (Lipinski definition) is 1. The second-order valence-corrected chi connectivity index (χ2v) is 4.77. The van der Waals surface area contributed by atoms with E-state index < -0.39 is 0 Å². The number of urea groups is 1. The molecule has 0 saturated carbocycles. The van der Waals surface area contributed by atoms with Gasteiger partial charge in [0, 0.05) is 19.1 Å². The lowest BCUT2D eigenvalue weighted by molar-refractivity contribution is 0.136. The maximum absolute atomic E-state index is 11.8. The van der Waals surface area contributed by atoms with Gasteiger partial charge in [-0.3, -0.25) is 0 Å².